The monoisotopic (exact) mass is 474 g/mol. The van der Waals surface area contributed by atoms with Gasteiger partial charge in [0.1, 0.15) is 0 Å². The van der Waals surface area contributed by atoms with E-state index in [1.807, 2.05) is 20.8 Å². The highest BCUT2D eigenvalue weighted by atomic mass is 35.5. The predicted octanol–water partition coefficient (Wildman–Crippen LogP) is 2.90. The van der Waals surface area contributed by atoms with Crippen molar-refractivity contribution in [3.63, 3.8) is 0 Å². The predicted molar refractivity (Wildman–Crippen MR) is 127 cm³/mol. The van der Waals surface area contributed by atoms with Crippen molar-refractivity contribution in [3.8, 4) is 11.5 Å². The number of halogens is 1. The van der Waals surface area contributed by atoms with Crippen LogP contribution in [0.15, 0.2) is 41.5 Å². The minimum absolute atomic E-state index is 0.227. The van der Waals surface area contributed by atoms with Crippen LogP contribution in [0.25, 0.3) is 0 Å². The maximum absolute atomic E-state index is 12.2. The summed E-state index contributed by atoms with van der Waals surface area (Å²) >= 11 is 6.07. The minimum atomic E-state index is -0.861. The van der Waals surface area contributed by atoms with Crippen LogP contribution in [0.5, 0.6) is 11.5 Å². The van der Waals surface area contributed by atoms with Crippen LogP contribution in [0, 0.1) is 12.8 Å². The van der Waals surface area contributed by atoms with E-state index >= 15 is 0 Å². The van der Waals surface area contributed by atoms with Crippen molar-refractivity contribution in [2.45, 2.75) is 20.8 Å². The van der Waals surface area contributed by atoms with Crippen LogP contribution in [0.3, 0.4) is 0 Å². The van der Waals surface area contributed by atoms with Gasteiger partial charge >= 0.3 is 11.8 Å². The summed E-state index contributed by atoms with van der Waals surface area (Å²) in [5.41, 5.74) is 4.12. The zero-order chi connectivity index (χ0) is 24.4. The third-order valence-corrected chi connectivity index (χ3v) is 4.75. The van der Waals surface area contributed by atoms with Crippen molar-refractivity contribution in [2.75, 3.05) is 25.6 Å². The maximum atomic E-state index is 12.2. The lowest BCUT2D eigenvalue weighted by atomic mass is 10.2. The topological polar surface area (TPSA) is 118 Å². The molecule has 33 heavy (non-hydrogen) atoms. The van der Waals surface area contributed by atoms with Crippen LogP contribution in [-0.4, -0.2) is 44.2 Å². The molecule has 0 saturated carbocycles. The second-order valence-electron chi connectivity index (χ2n) is 7.46. The number of benzene rings is 2. The van der Waals surface area contributed by atoms with Crippen molar-refractivity contribution in [1.82, 2.24) is 10.7 Å². The second kappa shape index (κ2) is 12.4. The quantitative estimate of drug-likeness (QED) is 0.293. The van der Waals surface area contributed by atoms with Gasteiger partial charge in [-0.25, -0.2) is 5.43 Å². The highest BCUT2D eigenvalue weighted by Gasteiger charge is 2.13. The Balaban J connectivity index is 1.92. The van der Waals surface area contributed by atoms with Gasteiger partial charge in [-0.15, -0.1) is 0 Å². The fourth-order valence-electron chi connectivity index (χ4n) is 2.55. The van der Waals surface area contributed by atoms with Gasteiger partial charge in [0, 0.05) is 17.3 Å². The van der Waals surface area contributed by atoms with Gasteiger partial charge in [0.25, 0.3) is 5.91 Å². The number of ether oxygens (including phenoxy) is 2. The third-order valence-electron chi connectivity index (χ3n) is 4.35. The Kier molecular flexibility index (Phi) is 9.68. The molecule has 3 N–H and O–H groups in total. The average Bonchev–Trinajstić information content (AvgIpc) is 2.79. The van der Waals surface area contributed by atoms with Crippen molar-refractivity contribution >= 4 is 41.2 Å². The standard InChI is InChI=1S/C23H27ClN4O5/c1-14(2)11-25-22(30)23(31)28-26-12-16-8-9-19(20(10-16)32-4)33-13-21(29)27-18-7-5-6-17(24)15(18)3/h5-10,12,14H,11,13H2,1-4H3,(H,25,30)(H,27,29)(H,28,31)/b26-12-. The lowest BCUT2D eigenvalue weighted by molar-refractivity contribution is -0.139. The summed E-state index contributed by atoms with van der Waals surface area (Å²) in [5, 5.41) is 9.58. The summed E-state index contributed by atoms with van der Waals surface area (Å²) in [6, 6.07) is 10.1. The van der Waals surface area contributed by atoms with Crippen LogP contribution in [0.4, 0.5) is 5.69 Å². The molecule has 0 fully saturated rings. The van der Waals surface area contributed by atoms with E-state index in [9.17, 15) is 14.4 Å². The zero-order valence-electron chi connectivity index (χ0n) is 18.9. The molecule has 0 aliphatic rings. The van der Waals surface area contributed by atoms with Gasteiger partial charge in [0.15, 0.2) is 18.1 Å². The SMILES string of the molecule is COc1cc(/C=N\NC(=O)C(=O)NCC(C)C)ccc1OCC(=O)Nc1cccc(Cl)c1C. The largest absolute Gasteiger partial charge is 0.493 e. The van der Waals surface area contributed by atoms with E-state index in [0.29, 0.717) is 34.3 Å². The fourth-order valence-corrected chi connectivity index (χ4v) is 2.72. The summed E-state index contributed by atoms with van der Waals surface area (Å²) in [7, 11) is 1.46. The number of hydrogen-bond acceptors (Lipinski definition) is 6. The molecule has 0 unspecified atom stereocenters. The Morgan fingerprint density at radius 1 is 1.12 bits per heavy atom. The molecule has 0 aliphatic carbocycles. The summed E-state index contributed by atoms with van der Waals surface area (Å²) in [4.78, 5) is 35.6. The highest BCUT2D eigenvalue weighted by molar-refractivity contribution is 6.35. The smallest absolute Gasteiger partial charge is 0.329 e. The van der Waals surface area contributed by atoms with Gasteiger partial charge in [0.05, 0.1) is 13.3 Å². The molecule has 10 heteroatoms. The van der Waals surface area contributed by atoms with Crippen LogP contribution >= 0.6 is 11.6 Å². The summed E-state index contributed by atoms with van der Waals surface area (Å²) in [5.74, 6) is -1.03. The van der Waals surface area contributed by atoms with Gasteiger partial charge in [-0.2, -0.15) is 5.10 Å². The molecule has 0 atom stereocenters. The van der Waals surface area contributed by atoms with Crippen LogP contribution in [0.2, 0.25) is 5.02 Å². The molecule has 0 spiro atoms. The Labute approximate surface area is 197 Å². The normalized spacial score (nSPS) is 10.7. The van der Waals surface area contributed by atoms with E-state index in [1.165, 1.54) is 13.3 Å². The number of methoxy groups -OCH3 is 1. The van der Waals surface area contributed by atoms with E-state index in [0.717, 1.165) is 5.56 Å². The molecule has 0 aliphatic heterocycles. The molecule has 0 bridgehead atoms. The number of carbonyl (C=O) groups excluding carboxylic acids is 3. The van der Waals surface area contributed by atoms with Gasteiger partial charge in [-0.05, 0) is 54.3 Å². The number of hydrazone groups is 1. The Bertz CT molecular complexity index is 1040. The summed E-state index contributed by atoms with van der Waals surface area (Å²) in [6.07, 6.45) is 1.36. The summed E-state index contributed by atoms with van der Waals surface area (Å²) < 4.78 is 10.9. The fraction of sp³-hybridized carbons (Fsp3) is 0.304. The van der Waals surface area contributed by atoms with E-state index in [4.69, 9.17) is 21.1 Å². The third kappa shape index (κ3) is 8.12. The Morgan fingerprint density at radius 3 is 2.58 bits per heavy atom. The first-order valence-corrected chi connectivity index (χ1v) is 10.6. The number of nitrogens with zero attached hydrogens (tertiary/aromatic N) is 1. The number of anilines is 1. The molecule has 2 aromatic carbocycles. The van der Waals surface area contributed by atoms with E-state index in [2.05, 4.69) is 21.2 Å². The molecule has 0 heterocycles. The van der Waals surface area contributed by atoms with Crippen molar-refractivity contribution in [1.29, 1.82) is 0 Å². The molecule has 2 aromatic rings. The molecule has 0 radical (unpaired) electrons. The molecule has 176 valence electrons. The van der Waals surface area contributed by atoms with Crippen molar-refractivity contribution < 1.29 is 23.9 Å². The van der Waals surface area contributed by atoms with Crippen LogP contribution in [0.1, 0.15) is 25.0 Å². The molecule has 9 nitrogen and oxygen atoms in total. The van der Waals surface area contributed by atoms with Gasteiger partial charge in [0.2, 0.25) is 0 Å². The first-order valence-electron chi connectivity index (χ1n) is 10.2. The van der Waals surface area contributed by atoms with Crippen molar-refractivity contribution in [3.05, 3.63) is 52.5 Å². The average molecular weight is 475 g/mol. The molecular formula is C23H27ClN4O5. The molecule has 2 rings (SSSR count). The number of nitrogens with one attached hydrogen (secondary N) is 3. The van der Waals surface area contributed by atoms with Gasteiger partial charge < -0.3 is 20.1 Å². The first kappa shape index (κ1) is 25.7. The molecule has 0 saturated heterocycles. The van der Waals surface area contributed by atoms with Gasteiger partial charge in [-0.1, -0.05) is 31.5 Å². The van der Waals surface area contributed by atoms with E-state index < -0.39 is 11.8 Å². The molecule has 0 aromatic heterocycles. The zero-order valence-corrected chi connectivity index (χ0v) is 19.7. The summed E-state index contributed by atoms with van der Waals surface area (Å²) in [6.45, 7) is 5.80. The van der Waals surface area contributed by atoms with Gasteiger partial charge in [-0.3, -0.25) is 14.4 Å². The number of carbonyl (C=O) groups is 3. The lowest BCUT2D eigenvalue weighted by Crippen LogP contribution is -2.39. The van der Waals surface area contributed by atoms with Crippen LogP contribution in [-0.2, 0) is 14.4 Å². The van der Waals surface area contributed by atoms with E-state index in [-0.39, 0.29) is 18.4 Å². The number of amides is 3. The Hall–Kier alpha value is -3.59. The number of hydrogen-bond donors (Lipinski definition) is 3. The first-order chi connectivity index (χ1) is 15.7. The van der Waals surface area contributed by atoms with Crippen molar-refractivity contribution in [2.24, 2.45) is 11.0 Å². The van der Waals surface area contributed by atoms with Crippen LogP contribution < -0.4 is 25.5 Å². The number of rotatable bonds is 9. The maximum Gasteiger partial charge on any atom is 0.329 e. The van der Waals surface area contributed by atoms with E-state index in [1.54, 1.807) is 36.4 Å². The molecular weight excluding hydrogens is 448 g/mol. The lowest BCUT2D eigenvalue weighted by Gasteiger charge is -2.12. The minimum Gasteiger partial charge on any atom is -0.493 e. The highest BCUT2D eigenvalue weighted by Crippen LogP contribution is 2.28. The Morgan fingerprint density at radius 2 is 1.88 bits per heavy atom. The molecule has 3 amide bonds. The second-order valence-corrected chi connectivity index (χ2v) is 7.87.